The largest absolute Gasteiger partial charge is 0.314 e. The number of rotatable bonds is 7. The second kappa shape index (κ2) is 8.39. The molecule has 3 unspecified atom stereocenters. The van der Waals surface area contributed by atoms with E-state index in [1.165, 1.54) is 37.3 Å². The summed E-state index contributed by atoms with van der Waals surface area (Å²) in [5, 5.41) is 3.60. The second-order valence-electron chi connectivity index (χ2n) is 5.20. The standard InChI is InChI=1S/C14H30N2S/c1-5-15-14-7-9-16(13(4)11-14)12(3)8-10-17-6-2/h12-15H,5-11H2,1-4H3. The third-order valence-corrected chi connectivity index (χ3v) is 4.80. The van der Waals surface area contributed by atoms with Gasteiger partial charge in [-0.25, -0.2) is 0 Å². The number of nitrogens with zero attached hydrogens (tertiary/aromatic N) is 1. The monoisotopic (exact) mass is 258 g/mol. The zero-order valence-electron chi connectivity index (χ0n) is 12.0. The minimum absolute atomic E-state index is 0.745. The third kappa shape index (κ3) is 5.19. The lowest BCUT2D eigenvalue weighted by Gasteiger charge is -2.41. The van der Waals surface area contributed by atoms with Crippen LogP contribution in [0.4, 0.5) is 0 Å². The van der Waals surface area contributed by atoms with Crippen molar-refractivity contribution in [1.82, 2.24) is 10.2 Å². The predicted molar refractivity (Wildman–Crippen MR) is 79.9 cm³/mol. The van der Waals surface area contributed by atoms with Crippen LogP contribution in [-0.4, -0.2) is 47.6 Å². The average molecular weight is 258 g/mol. The average Bonchev–Trinajstić information content (AvgIpc) is 2.29. The van der Waals surface area contributed by atoms with Gasteiger partial charge in [0, 0.05) is 24.7 Å². The Morgan fingerprint density at radius 2 is 2.18 bits per heavy atom. The molecule has 1 saturated heterocycles. The van der Waals surface area contributed by atoms with Crippen molar-refractivity contribution in [2.45, 2.75) is 65.1 Å². The summed E-state index contributed by atoms with van der Waals surface area (Å²) >= 11 is 2.07. The van der Waals surface area contributed by atoms with Crippen LogP contribution in [0, 0.1) is 0 Å². The molecule has 3 atom stereocenters. The van der Waals surface area contributed by atoms with Gasteiger partial charge in [0.2, 0.25) is 0 Å². The molecule has 17 heavy (non-hydrogen) atoms. The predicted octanol–water partition coefficient (Wildman–Crippen LogP) is 2.98. The van der Waals surface area contributed by atoms with Crippen LogP contribution in [0.5, 0.6) is 0 Å². The van der Waals surface area contributed by atoms with Crippen molar-refractivity contribution >= 4 is 11.8 Å². The van der Waals surface area contributed by atoms with Crippen LogP contribution < -0.4 is 5.32 Å². The van der Waals surface area contributed by atoms with E-state index in [1.54, 1.807) is 0 Å². The van der Waals surface area contributed by atoms with Crippen molar-refractivity contribution in [2.75, 3.05) is 24.6 Å². The van der Waals surface area contributed by atoms with Crippen LogP contribution >= 0.6 is 11.8 Å². The topological polar surface area (TPSA) is 15.3 Å². The van der Waals surface area contributed by atoms with E-state index in [9.17, 15) is 0 Å². The van der Waals surface area contributed by atoms with Gasteiger partial charge in [-0.2, -0.15) is 11.8 Å². The zero-order chi connectivity index (χ0) is 12.7. The molecule has 1 fully saturated rings. The van der Waals surface area contributed by atoms with Crippen LogP contribution in [-0.2, 0) is 0 Å². The Balaban J connectivity index is 2.29. The van der Waals surface area contributed by atoms with Crippen molar-refractivity contribution < 1.29 is 0 Å². The van der Waals surface area contributed by atoms with Gasteiger partial charge in [0.25, 0.3) is 0 Å². The molecule has 2 nitrogen and oxygen atoms in total. The Kier molecular flexibility index (Phi) is 7.56. The maximum Gasteiger partial charge on any atom is 0.00939 e. The van der Waals surface area contributed by atoms with Gasteiger partial charge in [-0.05, 0) is 51.2 Å². The second-order valence-corrected chi connectivity index (χ2v) is 6.59. The highest BCUT2D eigenvalue weighted by Crippen LogP contribution is 2.21. The van der Waals surface area contributed by atoms with Crippen LogP contribution in [0.2, 0.25) is 0 Å². The van der Waals surface area contributed by atoms with Crippen molar-refractivity contribution in [3.63, 3.8) is 0 Å². The molecule has 0 aromatic rings. The summed E-state index contributed by atoms with van der Waals surface area (Å²) < 4.78 is 0. The molecule has 0 spiro atoms. The van der Waals surface area contributed by atoms with Crippen LogP contribution in [0.3, 0.4) is 0 Å². The normalized spacial score (nSPS) is 28.2. The Hall–Kier alpha value is 0.270. The summed E-state index contributed by atoms with van der Waals surface area (Å²) in [6.45, 7) is 11.6. The highest BCUT2D eigenvalue weighted by molar-refractivity contribution is 7.99. The summed E-state index contributed by atoms with van der Waals surface area (Å²) in [4.78, 5) is 2.71. The lowest BCUT2D eigenvalue weighted by atomic mass is 9.96. The summed E-state index contributed by atoms with van der Waals surface area (Å²) in [6, 6.07) is 2.25. The first-order valence-corrected chi connectivity index (χ1v) is 8.41. The molecule has 1 aliphatic heterocycles. The number of piperidine rings is 1. The molecule has 3 heteroatoms. The van der Waals surface area contributed by atoms with Crippen LogP contribution in [0.15, 0.2) is 0 Å². The maximum atomic E-state index is 3.60. The molecule has 102 valence electrons. The van der Waals surface area contributed by atoms with Gasteiger partial charge in [-0.15, -0.1) is 0 Å². The van der Waals surface area contributed by atoms with E-state index in [-0.39, 0.29) is 0 Å². The van der Waals surface area contributed by atoms with E-state index in [2.05, 4.69) is 49.7 Å². The molecular formula is C14H30N2S. The molecule has 1 aliphatic rings. The third-order valence-electron chi connectivity index (χ3n) is 3.87. The smallest absolute Gasteiger partial charge is 0.00939 e. The molecule has 0 aromatic carbocycles. The minimum Gasteiger partial charge on any atom is -0.314 e. The fourth-order valence-electron chi connectivity index (χ4n) is 2.88. The Morgan fingerprint density at radius 3 is 2.76 bits per heavy atom. The van der Waals surface area contributed by atoms with E-state index >= 15 is 0 Å². The summed E-state index contributed by atoms with van der Waals surface area (Å²) in [7, 11) is 0. The Labute approximate surface area is 112 Å². The zero-order valence-corrected chi connectivity index (χ0v) is 12.9. The highest BCUT2D eigenvalue weighted by atomic mass is 32.2. The van der Waals surface area contributed by atoms with Gasteiger partial charge in [-0.3, -0.25) is 4.90 Å². The molecule has 0 radical (unpaired) electrons. The number of nitrogens with one attached hydrogen (secondary N) is 1. The molecular weight excluding hydrogens is 228 g/mol. The molecule has 0 saturated carbocycles. The summed E-state index contributed by atoms with van der Waals surface area (Å²) in [5.74, 6) is 2.57. The van der Waals surface area contributed by atoms with Gasteiger partial charge >= 0.3 is 0 Å². The first-order valence-electron chi connectivity index (χ1n) is 7.25. The van der Waals surface area contributed by atoms with E-state index in [4.69, 9.17) is 0 Å². The minimum atomic E-state index is 0.745. The van der Waals surface area contributed by atoms with Crippen LogP contribution in [0.1, 0.15) is 47.0 Å². The van der Waals surface area contributed by atoms with Crippen molar-refractivity contribution in [1.29, 1.82) is 0 Å². The molecule has 1 N–H and O–H groups in total. The van der Waals surface area contributed by atoms with E-state index in [0.717, 1.165) is 24.7 Å². The molecule has 1 rings (SSSR count). The molecule has 0 amide bonds. The van der Waals surface area contributed by atoms with Gasteiger partial charge in [0.1, 0.15) is 0 Å². The fraction of sp³-hybridized carbons (Fsp3) is 1.00. The van der Waals surface area contributed by atoms with E-state index < -0.39 is 0 Å². The van der Waals surface area contributed by atoms with Crippen molar-refractivity contribution in [2.24, 2.45) is 0 Å². The van der Waals surface area contributed by atoms with Crippen molar-refractivity contribution in [3.8, 4) is 0 Å². The molecule has 0 aromatic heterocycles. The Morgan fingerprint density at radius 1 is 1.41 bits per heavy atom. The quantitative estimate of drug-likeness (QED) is 0.707. The fourth-order valence-corrected chi connectivity index (χ4v) is 3.68. The van der Waals surface area contributed by atoms with Gasteiger partial charge in [0.15, 0.2) is 0 Å². The number of likely N-dealkylation sites (tertiary alicyclic amines) is 1. The Bertz CT molecular complexity index is 195. The first kappa shape index (κ1) is 15.3. The number of hydrogen-bond donors (Lipinski definition) is 1. The summed E-state index contributed by atoms with van der Waals surface area (Å²) in [6.07, 6.45) is 3.98. The van der Waals surface area contributed by atoms with Crippen molar-refractivity contribution in [3.05, 3.63) is 0 Å². The maximum absolute atomic E-state index is 3.60. The van der Waals surface area contributed by atoms with E-state index in [1.807, 2.05) is 0 Å². The van der Waals surface area contributed by atoms with Gasteiger partial charge in [0.05, 0.1) is 0 Å². The number of thioether (sulfide) groups is 1. The van der Waals surface area contributed by atoms with Crippen LogP contribution in [0.25, 0.3) is 0 Å². The summed E-state index contributed by atoms with van der Waals surface area (Å²) in [5.41, 5.74) is 0. The molecule has 0 aliphatic carbocycles. The molecule has 1 heterocycles. The lowest BCUT2D eigenvalue weighted by Crippen LogP contribution is -2.50. The number of hydrogen-bond acceptors (Lipinski definition) is 3. The van der Waals surface area contributed by atoms with Gasteiger partial charge < -0.3 is 5.32 Å². The van der Waals surface area contributed by atoms with Gasteiger partial charge in [-0.1, -0.05) is 13.8 Å². The van der Waals surface area contributed by atoms with E-state index in [0.29, 0.717) is 0 Å². The SMILES string of the molecule is CCNC1CCN(C(C)CCSCC)C(C)C1. The first-order chi connectivity index (χ1) is 8.19. The molecule has 0 bridgehead atoms. The lowest BCUT2D eigenvalue weighted by molar-refractivity contribution is 0.0946. The highest BCUT2D eigenvalue weighted by Gasteiger charge is 2.27.